The van der Waals surface area contributed by atoms with E-state index < -0.39 is 0 Å². The standard InChI is InChI=1S/C15H24N6O3/c1-2-24-15(22)21-5-3-12(4-6-21)17-13-11-16-19-14(18-13)20-7-9-23-10-8-20/h11-12H,2-10H2,1H3,(H,17,18,19). The van der Waals surface area contributed by atoms with Gasteiger partial charge in [-0.05, 0) is 19.8 Å². The van der Waals surface area contributed by atoms with Gasteiger partial charge in [0.2, 0.25) is 5.95 Å². The number of morpholine rings is 1. The summed E-state index contributed by atoms with van der Waals surface area (Å²) in [5.74, 6) is 1.35. The van der Waals surface area contributed by atoms with Crippen molar-refractivity contribution in [1.82, 2.24) is 20.1 Å². The van der Waals surface area contributed by atoms with Crippen molar-refractivity contribution < 1.29 is 14.3 Å². The van der Waals surface area contributed by atoms with Crippen molar-refractivity contribution in [2.45, 2.75) is 25.8 Å². The Labute approximate surface area is 141 Å². The second-order valence-corrected chi connectivity index (χ2v) is 5.85. The molecule has 0 atom stereocenters. The molecule has 1 amide bonds. The second kappa shape index (κ2) is 8.09. The molecule has 1 aromatic heterocycles. The number of aromatic nitrogens is 3. The molecule has 0 saturated carbocycles. The molecule has 2 saturated heterocycles. The van der Waals surface area contributed by atoms with Crippen LogP contribution in [0.25, 0.3) is 0 Å². The number of carbonyl (C=O) groups is 1. The Kier molecular flexibility index (Phi) is 5.63. The number of nitrogens with one attached hydrogen (secondary N) is 1. The topological polar surface area (TPSA) is 92.7 Å². The van der Waals surface area contributed by atoms with Crippen molar-refractivity contribution in [1.29, 1.82) is 0 Å². The molecule has 1 aromatic rings. The molecular formula is C15H24N6O3. The molecule has 2 aliphatic rings. The maximum Gasteiger partial charge on any atom is 0.409 e. The minimum absolute atomic E-state index is 0.228. The van der Waals surface area contributed by atoms with E-state index in [1.807, 2.05) is 6.92 Å². The lowest BCUT2D eigenvalue weighted by Crippen LogP contribution is -2.42. The largest absolute Gasteiger partial charge is 0.450 e. The van der Waals surface area contributed by atoms with Crippen LogP contribution in [0.4, 0.5) is 16.6 Å². The van der Waals surface area contributed by atoms with Crippen molar-refractivity contribution in [2.24, 2.45) is 0 Å². The van der Waals surface area contributed by atoms with Crippen LogP contribution in [0, 0.1) is 0 Å². The van der Waals surface area contributed by atoms with Gasteiger partial charge in [-0.1, -0.05) is 0 Å². The van der Waals surface area contributed by atoms with E-state index in [-0.39, 0.29) is 12.1 Å². The number of hydrogen-bond donors (Lipinski definition) is 1. The molecule has 3 heterocycles. The molecule has 0 unspecified atom stereocenters. The lowest BCUT2D eigenvalue weighted by Gasteiger charge is -2.32. The van der Waals surface area contributed by atoms with Crippen molar-refractivity contribution in [3.63, 3.8) is 0 Å². The molecule has 0 aliphatic carbocycles. The minimum Gasteiger partial charge on any atom is -0.450 e. The van der Waals surface area contributed by atoms with Crippen LogP contribution >= 0.6 is 0 Å². The number of carbonyl (C=O) groups excluding carboxylic acids is 1. The van der Waals surface area contributed by atoms with Gasteiger partial charge < -0.3 is 24.6 Å². The Bertz CT molecular complexity index is 544. The highest BCUT2D eigenvalue weighted by molar-refractivity contribution is 5.67. The van der Waals surface area contributed by atoms with E-state index in [1.165, 1.54) is 0 Å². The summed E-state index contributed by atoms with van der Waals surface area (Å²) in [6, 6.07) is 0.268. The van der Waals surface area contributed by atoms with Gasteiger partial charge in [0, 0.05) is 32.2 Å². The molecule has 24 heavy (non-hydrogen) atoms. The van der Waals surface area contributed by atoms with Crippen molar-refractivity contribution >= 4 is 17.9 Å². The molecule has 0 spiro atoms. The lowest BCUT2D eigenvalue weighted by atomic mass is 10.1. The average Bonchev–Trinajstić information content (AvgIpc) is 2.63. The van der Waals surface area contributed by atoms with Gasteiger partial charge in [-0.25, -0.2) is 4.79 Å². The fourth-order valence-corrected chi connectivity index (χ4v) is 2.89. The molecule has 2 fully saturated rings. The van der Waals surface area contributed by atoms with Crippen LogP contribution < -0.4 is 10.2 Å². The zero-order valence-corrected chi connectivity index (χ0v) is 14.0. The first-order chi connectivity index (χ1) is 11.8. The molecule has 0 aromatic carbocycles. The summed E-state index contributed by atoms with van der Waals surface area (Å²) in [4.78, 5) is 20.1. The first-order valence-electron chi connectivity index (χ1n) is 8.47. The Morgan fingerprint density at radius 2 is 2.08 bits per heavy atom. The fourth-order valence-electron chi connectivity index (χ4n) is 2.89. The summed E-state index contributed by atoms with van der Waals surface area (Å²) in [6.45, 7) is 6.54. The van der Waals surface area contributed by atoms with Gasteiger partial charge in [0.15, 0.2) is 5.82 Å². The molecule has 9 nitrogen and oxygen atoms in total. The maximum atomic E-state index is 11.7. The van der Waals surface area contributed by atoms with Gasteiger partial charge in [-0.3, -0.25) is 0 Å². The van der Waals surface area contributed by atoms with Crippen molar-refractivity contribution in [2.75, 3.05) is 56.2 Å². The molecular weight excluding hydrogens is 312 g/mol. The molecule has 3 rings (SSSR count). The van der Waals surface area contributed by atoms with Gasteiger partial charge in [0.1, 0.15) is 0 Å². The van der Waals surface area contributed by atoms with Gasteiger partial charge in [-0.15, -0.1) is 5.10 Å². The third-order valence-electron chi connectivity index (χ3n) is 4.21. The Morgan fingerprint density at radius 3 is 2.79 bits per heavy atom. The number of rotatable bonds is 4. The first-order valence-corrected chi connectivity index (χ1v) is 8.47. The van der Waals surface area contributed by atoms with E-state index in [0.29, 0.717) is 38.9 Å². The third kappa shape index (κ3) is 4.22. The van der Waals surface area contributed by atoms with Crippen LogP contribution in [-0.4, -0.2) is 78.2 Å². The number of anilines is 2. The monoisotopic (exact) mass is 336 g/mol. The number of ether oxygens (including phenoxy) is 2. The number of nitrogens with zero attached hydrogens (tertiary/aromatic N) is 5. The predicted molar refractivity (Wildman–Crippen MR) is 88.1 cm³/mol. The normalized spacial score (nSPS) is 19.2. The van der Waals surface area contributed by atoms with Gasteiger partial charge in [0.25, 0.3) is 0 Å². The summed E-state index contributed by atoms with van der Waals surface area (Å²) >= 11 is 0. The summed E-state index contributed by atoms with van der Waals surface area (Å²) in [7, 11) is 0. The molecule has 132 valence electrons. The highest BCUT2D eigenvalue weighted by atomic mass is 16.6. The first kappa shape index (κ1) is 16.7. The van der Waals surface area contributed by atoms with Crippen LogP contribution in [0.1, 0.15) is 19.8 Å². The van der Waals surface area contributed by atoms with E-state index >= 15 is 0 Å². The number of hydrogen-bond acceptors (Lipinski definition) is 8. The molecule has 0 bridgehead atoms. The van der Waals surface area contributed by atoms with E-state index in [0.717, 1.165) is 31.7 Å². The van der Waals surface area contributed by atoms with Crippen molar-refractivity contribution in [3.8, 4) is 0 Å². The zero-order chi connectivity index (χ0) is 16.8. The van der Waals surface area contributed by atoms with E-state index in [9.17, 15) is 4.79 Å². The molecule has 9 heteroatoms. The quantitative estimate of drug-likeness (QED) is 0.861. The van der Waals surface area contributed by atoms with Gasteiger partial charge >= 0.3 is 6.09 Å². The van der Waals surface area contributed by atoms with E-state index in [4.69, 9.17) is 9.47 Å². The highest BCUT2D eigenvalue weighted by Gasteiger charge is 2.24. The van der Waals surface area contributed by atoms with Crippen LogP contribution in [-0.2, 0) is 9.47 Å². The van der Waals surface area contributed by atoms with Crippen molar-refractivity contribution in [3.05, 3.63) is 6.20 Å². The summed E-state index contributed by atoms with van der Waals surface area (Å²) < 4.78 is 10.4. The Balaban J connectivity index is 1.52. The van der Waals surface area contributed by atoms with Crippen LogP contribution in [0.3, 0.4) is 0 Å². The lowest BCUT2D eigenvalue weighted by molar-refractivity contribution is 0.0983. The fraction of sp³-hybridized carbons (Fsp3) is 0.733. The number of piperidine rings is 1. The van der Waals surface area contributed by atoms with Crippen LogP contribution in [0.15, 0.2) is 6.20 Å². The highest BCUT2D eigenvalue weighted by Crippen LogP contribution is 2.17. The predicted octanol–water partition coefficient (Wildman–Crippen LogP) is 0.741. The SMILES string of the molecule is CCOC(=O)N1CCC(Nc2cnnc(N3CCOCC3)n2)CC1. The smallest absolute Gasteiger partial charge is 0.409 e. The molecule has 1 N–H and O–H groups in total. The Morgan fingerprint density at radius 1 is 1.33 bits per heavy atom. The minimum atomic E-state index is -0.228. The maximum absolute atomic E-state index is 11.7. The summed E-state index contributed by atoms with van der Waals surface area (Å²) in [5, 5.41) is 11.6. The zero-order valence-electron chi connectivity index (χ0n) is 14.0. The van der Waals surface area contributed by atoms with E-state index in [2.05, 4.69) is 25.4 Å². The third-order valence-corrected chi connectivity index (χ3v) is 4.21. The van der Waals surface area contributed by atoms with Gasteiger partial charge in [-0.2, -0.15) is 10.1 Å². The Hall–Kier alpha value is -2.16. The second-order valence-electron chi connectivity index (χ2n) is 5.85. The number of amides is 1. The van der Waals surface area contributed by atoms with E-state index in [1.54, 1.807) is 11.1 Å². The van der Waals surface area contributed by atoms with Gasteiger partial charge in [0.05, 0.1) is 26.0 Å². The average molecular weight is 336 g/mol. The molecule has 0 radical (unpaired) electrons. The number of likely N-dealkylation sites (tertiary alicyclic amines) is 1. The van der Waals surface area contributed by atoms with Crippen LogP contribution in [0.5, 0.6) is 0 Å². The van der Waals surface area contributed by atoms with Crippen LogP contribution in [0.2, 0.25) is 0 Å². The molecule has 2 aliphatic heterocycles. The summed E-state index contributed by atoms with van der Waals surface area (Å²) in [6.07, 6.45) is 3.13. The summed E-state index contributed by atoms with van der Waals surface area (Å²) in [5.41, 5.74) is 0.